The van der Waals surface area contributed by atoms with Crippen LogP contribution in [0.1, 0.15) is 38.5 Å². The Morgan fingerprint density at radius 3 is 2.91 bits per heavy atom. The van der Waals surface area contributed by atoms with Gasteiger partial charge in [0.2, 0.25) is 0 Å². The molecule has 1 aliphatic carbocycles. The molecule has 0 radical (unpaired) electrons. The quantitative estimate of drug-likeness (QED) is 0.525. The Kier molecular flexibility index (Phi) is 1.16. The Morgan fingerprint density at radius 2 is 2.18 bits per heavy atom. The summed E-state index contributed by atoms with van der Waals surface area (Å²) in [4.78, 5) is 5.90. The predicted octanol–water partition coefficient (Wildman–Crippen LogP) is 1.71. The molecule has 3 fully saturated rings. The number of nitrogens with zero attached hydrogens (tertiary/aromatic N) is 1. The third-order valence-corrected chi connectivity index (χ3v) is 3.30. The van der Waals surface area contributed by atoms with E-state index in [1.54, 1.807) is 0 Å². The maximum absolute atomic E-state index is 5.90. The summed E-state index contributed by atoms with van der Waals surface area (Å²) in [6.45, 7) is 1.19. The van der Waals surface area contributed by atoms with Crippen LogP contribution in [0.25, 0.3) is 0 Å². The molecule has 2 saturated heterocycles. The molecule has 0 aromatic rings. The predicted molar refractivity (Wildman–Crippen MR) is 42.0 cm³/mol. The first-order valence-corrected chi connectivity index (χ1v) is 4.84. The molecule has 62 valence electrons. The molecule has 2 aliphatic heterocycles. The van der Waals surface area contributed by atoms with Crippen LogP contribution in [0, 0.1) is 0 Å². The van der Waals surface area contributed by atoms with Gasteiger partial charge in [0.1, 0.15) is 0 Å². The van der Waals surface area contributed by atoms with Crippen molar-refractivity contribution in [3.8, 4) is 0 Å². The Morgan fingerprint density at radius 1 is 1.27 bits per heavy atom. The third-order valence-electron chi connectivity index (χ3n) is 3.30. The van der Waals surface area contributed by atoms with E-state index in [1.165, 1.54) is 45.1 Å². The van der Waals surface area contributed by atoms with Crippen LogP contribution in [-0.4, -0.2) is 23.3 Å². The van der Waals surface area contributed by atoms with Crippen LogP contribution in [0.4, 0.5) is 0 Å². The fraction of sp³-hybridized carbons (Fsp3) is 1.00. The third kappa shape index (κ3) is 0.926. The van der Waals surface area contributed by atoms with Crippen LogP contribution < -0.4 is 0 Å². The van der Waals surface area contributed by atoms with Crippen molar-refractivity contribution in [1.29, 1.82) is 0 Å². The SMILES string of the molecule is C1CCN2OC3(CC3)CC2C1. The van der Waals surface area contributed by atoms with Crippen molar-refractivity contribution in [3.63, 3.8) is 0 Å². The minimum absolute atomic E-state index is 0.356. The zero-order valence-electron chi connectivity index (χ0n) is 6.88. The van der Waals surface area contributed by atoms with Crippen LogP contribution >= 0.6 is 0 Å². The molecule has 2 nitrogen and oxygen atoms in total. The Balaban J connectivity index is 1.77. The Hall–Kier alpha value is -0.0800. The van der Waals surface area contributed by atoms with E-state index in [-0.39, 0.29) is 0 Å². The average Bonchev–Trinajstić information content (AvgIpc) is 2.66. The van der Waals surface area contributed by atoms with E-state index in [0.717, 1.165) is 6.04 Å². The van der Waals surface area contributed by atoms with E-state index in [1.807, 2.05) is 0 Å². The molecule has 0 bridgehead atoms. The van der Waals surface area contributed by atoms with Gasteiger partial charge < -0.3 is 0 Å². The zero-order valence-corrected chi connectivity index (χ0v) is 6.88. The van der Waals surface area contributed by atoms with Gasteiger partial charge in [0.15, 0.2) is 0 Å². The second-order valence-electron chi connectivity index (χ2n) is 4.27. The first-order chi connectivity index (χ1) is 5.38. The van der Waals surface area contributed by atoms with Gasteiger partial charge in [-0.15, -0.1) is 0 Å². The molecule has 0 amide bonds. The van der Waals surface area contributed by atoms with Crippen molar-refractivity contribution in [2.45, 2.75) is 50.2 Å². The average molecular weight is 153 g/mol. The van der Waals surface area contributed by atoms with Crippen molar-refractivity contribution in [3.05, 3.63) is 0 Å². The number of piperidine rings is 1. The molecule has 0 aromatic heterocycles. The van der Waals surface area contributed by atoms with E-state index < -0.39 is 0 Å². The van der Waals surface area contributed by atoms with Crippen LogP contribution in [-0.2, 0) is 4.84 Å². The summed E-state index contributed by atoms with van der Waals surface area (Å²) in [5.74, 6) is 0. The van der Waals surface area contributed by atoms with Gasteiger partial charge in [0.25, 0.3) is 0 Å². The lowest BCUT2D eigenvalue weighted by molar-refractivity contribution is -0.180. The van der Waals surface area contributed by atoms with Gasteiger partial charge in [-0.05, 0) is 32.1 Å². The van der Waals surface area contributed by atoms with Gasteiger partial charge >= 0.3 is 0 Å². The highest BCUT2D eigenvalue weighted by Crippen LogP contribution is 2.51. The van der Waals surface area contributed by atoms with Crippen molar-refractivity contribution in [2.24, 2.45) is 0 Å². The maximum atomic E-state index is 5.90. The Bertz CT molecular complexity index is 160. The van der Waals surface area contributed by atoms with E-state index >= 15 is 0 Å². The van der Waals surface area contributed by atoms with Gasteiger partial charge in [0.05, 0.1) is 5.60 Å². The molecule has 1 saturated carbocycles. The van der Waals surface area contributed by atoms with Crippen molar-refractivity contribution in [2.75, 3.05) is 6.54 Å². The van der Waals surface area contributed by atoms with Gasteiger partial charge in [-0.3, -0.25) is 4.84 Å². The fourth-order valence-corrected chi connectivity index (χ4v) is 2.45. The molecule has 1 spiro atoms. The summed E-state index contributed by atoms with van der Waals surface area (Å²) in [5.41, 5.74) is 0.356. The Labute approximate surface area is 67.5 Å². The lowest BCUT2D eigenvalue weighted by atomic mass is 10.00. The summed E-state index contributed by atoms with van der Waals surface area (Å²) in [7, 11) is 0. The number of hydrogen-bond acceptors (Lipinski definition) is 2. The van der Waals surface area contributed by atoms with E-state index in [4.69, 9.17) is 4.84 Å². The van der Waals surface area contributed by atoms with Crippen molar-refractivity contribution < 1.29 is 4.84 Å². The summed E-state index contributed by atoms with van der Waals surface area (Å²) in [6, 6.07) is 0.784. The lowest BCUT2D eigenvalue weighted by Crippen LogP contribution is -2.32. The van der Waals surface area contributed by atoms with E-state index in [0.29, 0.717) is 5.60 Å². The smallest absolute Gasteiger partial charge is 0.0917 e. The number of rotatable bonds is 0. The van der Waals surface area contributed by atoms with Crippen molar-refractivity contribution >= 4 is 0 Å². The first kappa shape index (κ1) is 6.44. The molecule has 3 aliphatic rings. The number of hydrogen-bond donors (Lipinski definition) is 0. The maximum Gasteiger partial charge on any atom is 0.0917 e. The molecule has 0 N–H and O–H groups in total. The summed E-state index contributed by atoms with van der Waals surface area (Å²) in [6.07, 6.45) is 8.10. The van der Waals surface area contributed by atoms with E-state index in [2.05, 4.69) is 5.06 Å². The first-order valence-electron chi connectivity index (χ1n) is 4.84. The highest BCUT2D eigenvalue weighted by Gasteiger charge is 2.54. The second-order valence-corrected chi connectivity index (χ2v) is 4.27. The molecule has 11 heavy (non-hydrogen) atoms. The second kappa shape index (κ2) is 1.99. The van der Waals surface area contributed by atoms with Crippen molar-refractivity contribution in [1.82, 2.24) is 5.06 Å². The molecule has 2 heteroatoms. The molecule has 2 heterocycles. The summed E-state index contributed by atoms with van der Waals surface area (Å²) < 4.78 is 0. The van der Waals surface area contributed by atoms with Crippen LogP contribution in [0.5, 0.6) is 0 Å². The van der Waals surface area contributed by atoms with Crippen LogP contribution in [0.3, 0.4) is 0 Å². The molecule has 1 atom stereocenters. The topological polar surface area (TPSA) is 12.5 Å². The lowest BCUT2D eigenvalue weighted by Gasteiger charge is -2.26. The molecular weight excluding hydrogens is 138 g/mol. The molecular formula is C9H15NO. The number of fused-ring (bicyclic) bond motifs is 1. The van der Waals surface area contributed by atoms with Gasteiger partial charge in [0, 0.05) is 12.6 Å². The fourth-order valence-electron chi connectivity index (χ4n) is 2.45. The highest BCUT2D eigenvalue weighted by atomic mass is 16.7. The minimum Gasteiger partial charge on any atom is -0.292 e. The normalized spacial score (nSPS) is 40.9. The van der Waals surface area contributed by atoms with Crippen LogP contribution in [0.15, 0.2) is 0 Å². The van der Waals surface area contributed by atoms with Gasteiger partial charge in [-0.25, -0.2) is 0 Å². The standard InChI is InChI=1S/C9H15NO/c1-2-6-10-8(3-1)7-9(11-10)4-5-9/h8H,1-7H2. The summed E-state index contributed by atoms with van der Waals surface area (Å²) in [5, 5.41) is 2.26. The minimum atomic E-state index is 0.356. The molecule has 3 rings (SSSR count). The van der Waals surface area contributed by atoms with Crippen LogP contribution in [0.2, 0.25) is 0 Å². The largest absolute Gasteiger partial charge is 0.292 e. The number of hydroxylamine groups is 2. The zero-order chi connectivity index (χ0) is 7.31. The summed E-state index contributed by atoms with van der Waals surface area (Å²) >= 11 is 0. The molecule has 0 aromatic carbocycles. The van der Waals surface area contributed by atoms with Gasteiger partial charge in [-0.2, -0.15) is 5.06 Å². The van der Waals surface area contributed by atoms with Gasteiger partial charge in [-0.1, -0.05) is 6.42 Å². The monoisotopic (exact) mass is 153 g/mol. The molecule has 1 unspecified atom stereocenters. The van der Waals surface area contributed by atoms with E-state index in [9.17, 15) is 0 Å². The highest BCUT2D eigenvalue weighted by molar-refractivity contribution is 5.02.